The maximum absolute atomic E-state index is 13.0. The zero-order valence-electron chi connectivity index (χ0n) is 17.6. The van der Waals surface area contributed by atoms with Gasteiger partial charge in [-0.3, -0.25) is 9.52 Å². The first-order valence-electron chi connectivity index (χ1n) is 9.70. The molecule has 0 saturated carbocycles. The number of aryl methyl sites for hydroxylation is 1. The van der Waals surface area contributed by atoms with Crippen LogP contribution in [0.2, 0.25) is 5.02 Å². The Morgan fingerprint density at radius 3 is 2.34 bits per heavy atom. The molecule has 1 amide bonds. The van der Waals surface area contributed by atoms with E-state index >= 15 is 0 Å². The van der Waals surface area contributed by atoms with Gasteiger partial charge in [-0.2, -0.15) is 0 Å². The highest BCUT2D eigenvalue weighted by Gasteiger charge is 2.22. The fourth-order valence-electron chi connectivity index (χ4n) is 2.98. The first kappa shape index (κ1) is 23.4. The molecular weight excluding hydrogens is 452 g/mol. The predicted molar refractivity (Wildman–Crippen MR) is 125 cm³/mol. The molecule has 0 bridgehead atoms. The molecule has 0 aliphatic carbocycles. The number of anilines is 2. The highest BCUT2D eigenvalue weighted by molar-refractivity contribution is 7.92. The van der Waals surface area contributed by atoms with Crippen LogP contribution in [0.3, 0.4) is 0 Å². The van der Waals surface area contributed by atoms with Crippen LogP contribution in [0, 0.1) is 0 Å². The Labute approximate surface area is 192 Å². The summed E-state index contributed by atoms with van der Waals surface area (Å²) < 4.78 is 38.7. The van der Waals surface area contributed by atoms with Crippen molar-refractivity contribution in [3.63, 3.8) is 0 Å². The van der Waals surface area contributed by atoms with E-state index in [2.05, 4.69) is 10.0 Å². The quantitative estimate of drug-likeness (QED) is 0.467. The number of carbonyl (C=O) groups is 1. The summed E-state index contributed by atoms with van der Waals surface area (Å²) in [6.45, 7) is 0. The smallest absolute Gasteiger partial charge is 0.265 e. The van der Waals surface area contributed by atoms with Crippen LogP contribution in [0.15, 0.2) is 71.6 Å². The number of para-hydroxylation sites is 1. The van der Waals surface area contributed by atoms with Gasteiger partial charge < -0.3 is 14.8 Å². The van der Waals surface area contributed by atoms with Crippen molar-refractivity contribution in [2.24, 2.45) is 0 Å². The number of ether oxygens (including phenoxy) is 2. The lowest BCUT2D eigenvalue weighted by molar-refractivity contribution is -0.116. The zero-order chi connectivity index (χ0) is 23.1. The molecule has 0 spiro atoms. The van der Waals surface area contributed by atoms with Crippen molar-refractivity contribution >= 4 is 38.9 Å². The molecule has 0 saturated heterocycles. The Morgan fingerprint density at radius 2 is 1.69 bits per heavy atom. The summed E-state index contributed by atoms with van der Waals surface area (Å²) in [6, 6.07) is 18.4. The number of sulfonamides is 1. The van der Waals surface area contributed by atoms with Gasteiger partial charge in [0.25, 0.3) is 10.0 Å². The van der Waals surface area contributed by atoms with Gasteiger partial charge in [0.15, 0.2) is 0 Å². The largest absolute Gasteiger partial charge is 0.497 e. The minimum atomic E-state index is -4.02. The van der Waals surface area contributed by atoms with Crippen LogP contribution in [0.5, 0.6) is 11.5 Å². The average Bonchev–Trinajstić information content (AvgIpc) is 2.79. The fourth-order valence-corrected chi connectivity index (χ4v) is 4.50. The molecule has 0 atom stereocenters. The number of carbonyl (C=O) groups excluding carboxylic acids is 1. The molecule has 7 nitrogen and oxygen atoms in total. The summed E-state index contributed by atoms with van der Waals surface area (Å²) in [5.74, 6) is 0.643. The Bertz CT molecular complexity index is 1200. The van der Waals surface area contributed by atoms with E-state index in [0.717, 1.165) is 11.3 Å². The van der Waals surface area contributed by atoms with E-state index in [9.17, 15) is 13.2 Å². The number of nitrogens with one attached hydrogen (secondary N) is 2. The normalized spacial score (nSPS) is 11.0. The lowest BCUT2D eigenvalue weighted by Gasteiger charge is -2.14. The summed E-state index contributed by atoms with van der Waals surface area (Å²) in [5.41, 5.74) is 1.57. The second-order valence-electron chi connectivity index (χ2n) is 6.85. The Hall–Kier alpha value is -3.23. The van der Waals surface area contributed by atoms with E-state index in [1.165, 1.54) is 19.2 Å². The van der Waals surface area contributed by atoms with Gasteiger partial charge in [0.2, 0.25) is 5.91 Å². The van der Waals surface area contributed by atoms with Crippen molar-refractivity contribution in [2.45, 2.75) is 17.7 Å². The second kappa shape index (κ2) is 10.4. The van der Waals surface area contributed by atoms with Gasteiger partial charge in [0, 0.05) is 12.1 Å². The lowest BCUT2D eigenvalue weighted by Crippen LogP contribution is -2.16. The van der Waals surface area contributed by atoms with Crippen LogP contribution < -0.4 is 19.5 Å². The lowest BCUT2D eigenvalue weighted by atomic mass is 10.1. The molecule has 9 heteroatoms. The molecule has 0 aliphatic heterocycles. The number of halogens is 1. The molecule has 0 heterocycles. The number of benzene rings is 3. The molecule has 0 aromatic heterocycles. The van der Waals surface area contributed by atoms with Gasteiger partial charge >= 0.3 is 0 Å². The summed E-state index contributed by atoms with van der Waals surface area (Å²) >= 11 is 6.07. The van der Waals surface area contributed by atoms with E-state index in [4.69, 9.17) is 21.1 Å². The molecule has 3 rings (SSSR count). The van der Waals surface area contributed by atoms with Crippen molar-refractivity contribution < 1.29 is 22.7 Å². The summed E-state index contributed by atoms with van der Waals surface area (Å²) in [4.78, 5) is 12.3. The maximum atomic E-state index is 13.0. The van der Waals surface area contributed by atoms with Crippen LogP contribution in [0.25, 0.3) is 0 Å². The van der Waals surface area contributed by atoms with Gasteiger partial charge in [-0.25, -0.2) is 8.42 Å². The highest BCUT2D eigenvalue weighted by atomic mass is 35.5. The minimum Gasteiger partial charge on any atom is -0.497 e. The Balaban J connectivity index is 1.73. The molecular formula is C23H23ClN2O5S. The summed E-state index contributed by atoms with van der Waals surface area (Å²) in [5, 5.41) is 3.00. The number of amides is 1. The third-order valence-corrected chi connectivity index (χ3v) is 6.37. The van der Waals surface area contributed by atoms with Crippen molar-refractivity contribution in [3.8, 4) is 11.5 Å². The fraction of sp³-hybridized carbons (Fsp3) is 0.174. The Morgan fingerprint density at radius 1 is 0.969 bits per heavy atom. The minimum absolute atomic E-state index is 0.118. The van der Waals surface area contributed by atoms with Crippen LogP contribution in [0.4, 0.5) is 11.4 Å². The van der Waals surface area contributed by atoms with Gasteiger partial charge in [-0.05, 0) is 54.4 Å². The monoisotopic (exact) mass is 474 g/mol. The Kier molecular flexibility index (Phi) is 7.61. The van der Waals surface area contributed by atoms with Crippen molar-refractivity contribution in [3.05, 3.63) is 77.3 Å². The first-order chi connectivity index (χ1) is 15.3. The van der Waals surface area contributed by atoms with Gasteiger partial charge in [-0.15, -0.1) is 0 Å². The molecule has 0 unspecified atom stereocenters. The SMILES string of the molecule is COc1ccc(CCC(=O)Nc2ccc(OC)c(S(=O)(=O)Nc3ccccc3Cl)c2)cc1. The zero-order valence-corrected chi connectivity index (χ0v) is 19.2. The third kappa shape index (κ3) is 5.93. The molecule has 0 fully saturated rings. The number of hydrogen-bond donors (Lipinski definition) is 2. The molecule has 168 valence electrons. The average molecular weight is 475 g/mol. The van der Waals surface area contributed by atoms with Crippen LogP contribution >= 0.6 is 11.6 Å². The second-order valence-corrected chi connectivity index (χ2v) is 8.91. The highest BCUT2D eigenvalue weighted by Crippen LogP contribution is 2.31. The molecule has 0 radical (unpaired) electrons. The van der Waals surface area contributed by atoms with E-state index in [0.29, 0.717) is 12.1 Å². The molecule has 2 N–H and O–H groups in total. The third-order valence-electron chi connectivity index (χ3n) is 4.65. The van der Waals surface area contributed by atoms with E-state index < -0.39 is 10.0 Å². The predicted octanol–water partition coefficient (Wildman–Crippen LogP) is 4.73. The van der Waals surface area contributed by atoms with Crippen LogP contribution in [-0.4, -0.2) is 28.5 Å². The summed E-state index contributed by atoms with van der Waals surface area (Å²) in [6.07, 6.45) is 0.767. The standard InChI is InChI=1S/C23H23ClN2O5S/c1-30-18-11-7-16(8-12-18)9-14-23(27)25-17-10-13-21(31-2)22(15-17)32(28,29)26-20-6-4-3-5-19(20)24/h3-8,10-13,15,26H,9,14H2,1-2H3,(H,25,27). The molecule has 32 heavy (non-hydrogen) atoms. The summed E-state index contributed by atoms with van der Waals surface area (Å²) in [7, 11) is -1.06. The first-order valence-corrected chi connectivity index (χ1v) is 11.6. The van der Waals surface area contributed by atoms with Gasteiger partial charge in [0.1, 0.15) is 16.4 Å². The van der Waals surface area contributed by atoms with Gasteiger partial charge in [0.05, 0.1) is 24.9 Å². The van der Waals surface area contributed by atoms with Crippen LogP contribution in [0.1, 0.15) is 12.0 Å². The van der Waals surface area contributed by atoms with Crippen molar-refractivity contribution in [2.75, 3.05) is 24.3 Å². The van der Waals surface area contributed by atoms with Crippen molar-refractivity contribution in [1.29, 1.82) is 0 Å². The number of hydrogen-bond acceptors (Lipinski definition) is 5. The molecule has 0 aliphatic rings. The maximum Gasteiger partial charge on any atom is 0.265 e. The topological polar surface area (TPSA) is 93.7 Å². The van der Waals surface area contributed by atoms with Crippen LogP contribution in [-0.2, 0) is 21.2 Å². The molecule has 3 aromatic carbocycles. The van der Waals surface area contributed by atoms with E-state index in [1.54, 1.807) is 37.4 Å². The number of methoxy groups -OCH3 is 2. The van der Waals surface area contributed by atoms with E-state index in [-0.39, 0.29) is 33.7 Å². The van der Waals surface area contributed by atoms with Crippen molar-refractivity contribution in [1.82, 2.24) is 0 Å². The molecule has 3 aromatic rings. The van der Waals surface area contributed by atoms with Gasteiger partial charge in [-0.1, -0.05) is 35.9 Å². The number of rotatable bonds is 9. The van der Waals surface area contributed by atoms with E-state index in [1.807, 2.05) is 24.3 Å².